The summed E-state index contributed by atoms with van der Waals surface area (Å²) in [7, 11) is 0. The number of carbonyl (C=O) groups is 2. The highest BCUT2D eigenvalue weighted by molar-refractivity contribution is 8.00. The number of fused-ring (bicyclic) bond motifs is 1. The molecule has 0 atom stereocenters. The summed E-state index contributed by atoms with van der Waals surface area (Å²) in [5, 5.41) is 14.8. The number of halogens is 1. The van der Waals surface area contributed by atoms with Crippen LogP contribution in [-0.2, 0) is 11.3 Å². The summed E-state index contributed by atoms with van der Waals surface area (Å²) in [6, 6.07) is 19.0. The highest BCUT2D eigenvalue weighted by Gasteiger charge is 2.20. The van der Waals surface area contributed by atoms with Crippen molar-refractivity contribution >= 4 is 46.0 Å². The van der Waals surface area contributed by atoms with Gasteiger partial charge in [0.05, 0.1) is 11.3 Å². The second-order valence-electron chi connectivity index (χ2n) is 8.03. The molecule has 0 spiro atoms. The number of hydrogen-bond acceptors (Lipinski definition) is 4. The largest absolute Gasteiger partial charge is 0.478 e. The second-order valence-corrected chi connectivity index (χ2v) is 9.51. The monoisotopic (exact) mass is 468 g/mol. The number of thioether (sulfide) groups is 1. The van der Waals surface area contributed by atoms with Gasteiger partial charge in [-0.2, -0.15) is 0 Å². The minimum absolute atomic E-state index is 0.0329. The van der Waals surface area contributed by atoms with E-state index in [0.717, 1.165) is 47.8 Å². The third-order valence-corrected chi connectivity index (χ3v) is 6.97. The van der Waals surface area contributed by atoms with E-state index in [-0.39, 0.29) is 11.9 Å². The Morgan fingerprint density at radius 1 is 1.06 bits per heavy atom. The van der Waals surface area contributed by atoms with Crippen molar-refractivity contribution in [3.8, 4) is 0 Å². The molecule has 166 valence electrons. The number of aromatic carboxylic acids is 1. The van der Waals surface area contributed by atoms with Crippen LogP contribution < -0.4 is 5.32 Å². The topological polar surface area (TPSA) is 69.6 Å². The van der Waals surface area contributed by atoms with E-state index >= 15 is 0 Å². The predicted molar refractivity (Wildman–Crippen MR) is 130 cm³/mol. The van der Waals surface area contributed by atoms with Crippen LogP contribution >= 0.6 is 23.4 Å². The van der Waals surface area contributed by atoms with Gasteiger partial charge in [-0.1, -0.05) is 41.9 Å². The third-order valence-electron chi connectivity index (χ3n) is 5.72. The minimum Gasteiger partial charge on any atom is -0.478 e. The fourth-order valence-electron chi connectivity index (χ4n) is 4.04. The lowest BCUT2D eigenvalue weighted by Gasteiger charge is -2.32. The zero-order chi connectivity index (χ0) is 22.5. The molecular weight excluding hydrogens is 444 g/mol. The van der Waals surface area contributed by atoms with Gasteiger partial charge in [0.1, 0.15) is 0 Å². The van der Waals surface area contributed by atoms with Crippen LogP contribution in [0.2, 0.25) is 5.02 Å². The Bertz CT molecular complexity index is 1110. The summed E-state index contributed by atoms with van der Waals surface area (Å²) in [6.45, 7) is 2.81. The first-order valence-corrected chi connectivity index (χ1v) is 12.0. The molecule has 1 fully saturated rings. The molecule has 0 saturated carbocycles. The third kappa shape index (κ3) is 5.82. The van der Waals surface area contributed by atoms with Crippen LogP contribution in [0.25, 0.3) is 10.8 Å². The van der Waals surface area contributed by atoms with Crippen molar-refractivity contribution in [1.82, 2.24) is 10.2 Å². The molecule has 1 saturated heterocycles. The maximum absolute atomic E-state index is 12.5. The van der Waals surface area contributed by atoms with E-state index in [4.69, 9.17) is 11.6 Å². The number of carbonyl (C=O) groups excluding carboxylic acids is 1. The van der Waals surface area contributed by atoms with Crippen LogP contribution in [0.5, 0.6) is 0 Å². The molecule has 3 aromatic rings. The summed E-state index contributed by atoms with van der Waals surface area (Å²) < 4.78 is 0. The fourth-order valence-corrected chi connectivity index (χ4v) is 4.92. The summed E-state index contributed by atoms with van der Waals surface area (Å²) in [5.41, 5.74) is 1.54. The zero-order valence-electron chi connectivity index (χ0n) is 17.6. The summed E-state index contributed by atoms with van der Waals surface area (Å²) in [4.78, 5) is 27.2. The molecule has 4 rings (SSSR count). The lowest BCUT2D eigenvalue weighted by molar-refractivity contribution is -0.119. The Hall–Kier alpha value is -2.54. The van der Waals surface area contributed by atoms with Crippen molar-refractivity contribution < 1.29 is 14.7 Å². The van der Waals surface area contributed by atoms with E-state index < -0.39 is 5.97 Å². The van der Waals surface area contributed by atoms with Crippen molar-refractivity contribution in [2.24, 2.45) is 0 Å². The Labute approximate surface area is 196 Å². The van der Waals surface area contributed by atoms with Crippen LogP contribution in [0.15, 0.2) is 65.6 Å². The number of nitrogens with zero attached hydrogens (tertiary/aromatic N) is 1. The van der Waals surface area contributed by atoms with Gasteiger partial charge in [0.2, 0.25) is 5.91 Å². The molecule has 0 aliphatic carbocycles. The highest BCUT2D eigenvalue weighted by Crippen LogP contribution is 2.26. The van der Waals surface area contributed by atoms with Gasteiger partial charge in [-0.15, -0.1) is 11.8 Å². The molecular formula is C25H25ClN2O3S. The molecule has 5 nitrogen and oxygen atoms in total. The molecule has 0 unspecified atom stereocenters. The first-order valence-electron chi connectivity index (χ1n) is 10.6. The van der Waals surface area contributed by atoms with Crippen LogP contribution in [-0.4, -0.2) is 46.8 Å². The maximum atomic E-state index is 12.5. The van der Waals surface area contributed by atoms with Crippen molar-refractivity contribution in [1.29, 1.82) is 0 Å². The average Bonchev–Trinajstić information content (AvgIpc) is 2.80. The van der Waals surface area contributed by atoms with Crippen molar-refractivity contribution in [2.75, 3.05) is 18.8 Å². The molecule has 0 bridgehead atoms. The van der Waals surface area contributed by atoms with Crippen LogP contribution in [0.3, 0.4) is 0 Å². The predicted octanol–water partition coefficient (Wildman–Crippen LogP) is 5.06. The smallest absolute Gasteiger partial charge is 0.336 e. The Morgan fingerprint density at radius 2 is 1.81 bits per heavy atom. The second kappa shape index (κ2) is 10.4. The Balaban J connectivity index is 1.24. The number of piperidine rings is 1. The van der Waals surface area contributed by atoms with Gasteiger partial charge in [0, 0.05) is 35.6 Å². The molecule has 1 aliphatic heterocycles. The fraction of sp³-hybridized carbons (Fsp3) is 0.280. The van der Waals surface area contributed by atoms with Gasteiger partial charge in [0.25, 0.3) is 0 Å². The number of carboxylic acid groups (broad SMARTS) is 1. The van der Waals surface area contributed by atoms with E-state index in [1.165, 1.54) is 17.3 Å². The number of hydrogen-bond donors (Lipinski definition) is 2. The molecule has 3 aromatic carbocycles. The number of carboxylic acids is 1. The number of benzene rings is 3. The highest BCUT2D eigenvalue weighted by atomic mass is 35.5. The number of likely N-dealkylation sites (tertiary alicyclic amines) is 1. The normalized spacial score (nSPS) is 15.0. The molecule has 1 heterocycles. The van der Waals surface area contributed by atoms with Crippen LogP contribution in [0.4, 0.5) is 0 Å². The van der Waals surface area contributed by atoms with Crippen molar-refractivity contribution in [3.63, 3.8) is 0 Å². The van der Waals surface area contributed by atoms with Crippen molar-refractivity contribution in [2.45, 2.75) is 30.3 Å². The SMILES string of the molecule is O=C(CSc1ccc2c(C(=O)O)cccc2c1)NC1CCN(Cc2ccc(Cl)cc2)CC1. The maximum Gasteiger partial charge on any atom is 0.336 e. The standard InChI is InChI=1S/C25H25ClN2O3S/c26-19-6-4-17(5-7-19)15-28-12-10-20(11-13-28)27-24(29)16-32-21-8-9-22-18(14-21)2-1-3-23(22)25(30)31/h1-9,14,20H,10-13,15-16H2,(H,27,29)(H,30,31). The lowest BCUT2D eigenvalue weighted by Crippen LogP contribution is -2.44. The van der Waals surface area contributed by atoms with Crippen LogP contribution in [0, 0.1) is 0 Å². The van der Waals surface area contributed by atoms with Gasteiger partial charge in [-0.3, -0.25) is 9.69 Å². The van der Waals surface area contributed by atoms with Gasteiger partial charge >= 0.3 is 5.97 Å². The first-order chi connectivity index (χ1) is 15.5. The number of nitrogens with one attached hydrogen (secondary N) is 1. The molecule has 2 N–H and O–H groups in total. The number of amides is 1. The minimum atomic E-state index is -0.936. The van der Waals surface area contributed by atoms with Crippen molar-refractivity contribution in [3.05, 3.63) is 76.8 Å². The van der Waals surface area contributed by atoms with Gasteiger partial charge < -0.3 is 10.4 Å². The molecule has 7 heteroatoms. The van der Waals surface area contributed by atoms with E-state index in [1.807, 2.05) is 36.4 Å². The molecule has 1 aliphatic rings. The molecule has 1 amide bonds. The van der Waals surface area contributed by atoms with Gasteiger partial charge in [0.15, 0.2) is 0 Å². The van der Waals surface area contributed by atoms with E-state index in [0.29, 0.717) is 16.7 Å². The summed E-state index contributed by atoms with van der Waals surface area (Å²) in [6.07, 6.45) is 1.88. The van der Waals surface area contributed by atoms with E-state index in [2.05, 4.69) is 22.3 Å². The van der Waals surface area contributed by atoms with E-state index in [1.54, 1.807) is 12.1 Å². The van der Waals surface area contributed by atoms with Gasteiger partial charge in [-0.25, -0.2) is 4.79 Å². The quantitative estimate of drug-likeness (QED) is 0.474. The lowest BCUT2D eigenvalue weighted by atomic mass is 10.0. The molecule has 32 heavy (non-hydrogen) atoms. The Kier molecular flexibility index (Phi) is 7.35. The summed E-state index contributed by atoms with van der Waals surface area (Å²) >= 11 is 7.42. The summed E-state index contributed by atoms with van der Waals surface area (Å²) in [5.74, 6) is -0.560. The average molecular weight is 469 g/mol. The number of rotatable bonds is 7. The molecule has 0 radical (unpaired) electrons. The zero-order valence-corrected chi connectivity index (χ0v) is 19.2. The van der Waals surface area contributed by atoms with Crippen LogP contribution in [0.1, 0.15) is 28.8 Å². The van der Waals surface area contributed by atoms with E-state index in [9.17, 15) is 14.7 Å². The first kappa shape index (κ1) is 22.6. The van der Waals surface area contributed by atoms with Gasteiger partial charge in [-0.05, 0) is 59.5 Å². The molecule has 0 aromatic heterocycles. The Morgan fingerprint density at radius 3 is 2.53 bits per heavy atom.